The van der Waals surface area contributed by atoms with Crippen molar-refractivity contribution in [2.45, 2.75) is 19.3 Å². The lowest BCUT2D eigenvalue weighted by Crippen LogP contribution is -2.36. The maximum absolute atomic E-state index is 13.3. The van der Waals surface area contributed by atoms with Crippen molar-refractivity contribution >= 4 is 28.9 Å². The van der Waals surface area contributed by atoms with Gasteiger partial charge in [-0.15, -0.1) is 0 Å². The number of nitrogens with two attached hydrogens (primary N) is 1. The first-order valence-electron chi connectivity index (χ1n) is 10.5. The van der Waals surface area contributed by atoms with E-state index in [-0.39, 0.29) is 24.2 Å². The summed E-state index contributed by atoms with van der Waals surface area (Å²) in [5, 5.41) is 0. The third-order valence-electron chi connectivity index (χ3n) is 6.26. The van der Waals surface area contributed by atoms with E-state index in [4.69, 9.17) is 5.73 Å². The van der Waals surface area contributed by atoms with E-state index in [9.17, 15) is 9.59 Å². The molecule has 158 valence electrons. The van der Waals surface area contributed by atoms with Gasteiger partial charge in [-0.2, -0.15) is 0 Å². The zero-order valence-corrected chi connectivity index (χ0v) is 17.5. The number of fused-ring (bicyclic) bond motifs is 1. The quantitative estimate of drug-likeness (QED) is 0.664. The van der Waals surface area contributed by atoms with Crippen LogP contribution in [0.25, 0.3) is 0 Å². The van der Waals surface area contributed by atoms with Crippen LogP contribution in [-0.4, -0.2) is 34.5 Å². The van der Waals surface area contributed by atoms with E-state index in [1.807, 2.05) is 40.9 Å². The summed E-state index contributed by atoms with van der Waals surface area (Å²) in [5.74, 6) is -0.346. The molecule has 3 aromatic rings. The number of aryl methyl sites for hydroxylation is 1. The molecule has 1 saturated heterocycles. The van der Waals surface area contributed by atoms with Gasteiger partial charge in [-0.25, -0.2) is 4.98 Å². The third-order valence-corrected chi connectivity index (χ3v) is 6.26. The molecule has 1 fully saturated rings. The summed E-state index contributed by atoms with van der Waals surface area (Å²) in [6.07, 6.45) is 5.56. The van der Waals surface area contributed by atoms with Gasteiger partial charge in [0.15, 0.2) is 0 Å². The highest BCUT2D eigenvalue weighted by Crippen LogP contribution is 2.34. The van der Waals surface area contributed by atoms with Crippen LogP contribution in [0.2, 0.25) is 0 Å². The van der Waals surface area contributed by atoms with Crippen LogP contribution in [-0.2, 0) is 29.5 Å². The van der Waals surface area contributed by atoms with Gasteiger partial charge in [-0.1, -0.05) is 18.2 Å². The van der Waals surface area contributed by atoms with Gasteiger partial charge in [-0.3, -0.25) is 9.59 Å². The highest BCUT2D eigenvalue weighted by atomic mass is 16.2. The van der Waals surface area contributed by atoms with E-state index in [1.54, 1.807) is 23.4 Å². The number of carbonyl (C=O) groups is 2. The fourth-order valence-corrected chi connectivity index (χ4v) is 4.59. The number of amides is 2. The molecule has 0 radical (unpaired) electrons. The van der Waals surface area contributed by atoms with Crippen molar-refractivity contribution < 1.29 is 9.59 Å². The molecule has 2 N–H and O–H groups in total. The number of benzene rings is 2. The predicted octanol–water partition coefficient (Wildman–Crippen LogP) is 2.54. The summed E-state index contributed by atoms with van der Waals surface area (Å²) in [7, 11) is 1.99. The average molecular weight is 415 g/mol. The number of rotatable bonds is 4. The van der Waals surface area contributed by atoms with Crippen LogP contribution in [0.3, 0.4) is 0 Å². The van der Waals surface area contributed by atoms with E-state index in [0.29, 0.717) is 18.8 Å². The summed E-state index contributed by atoms with van der Waals surface area (Å²) < 4.78 is 2.02. The number of imidazole rings is 1. The van der Waals surface area contributed by atoms with E-state index in [1.165, 1.54) is 11.1 Å². The Morgan fingerprint density at radius 1 is 1.23 bits per heavy atom. The Labute approximate surface area is 181 Å². The lowest BCUT2D eigenvalue weighted by Gasteiger charge is -2.22. The predicted molar refractivity (Wildman–Crippen MR) is 120 cm³/mol. The standard InChI is InChI=1S/C24H25N5O2/c1-27-15-26-13-21(27)10-16-5-6-22-17(9-16)7-8-28(22)24(31)18-11-23(30)29(14-18)20-4-2-3-19(25)12-20/h2-6,9,12-13,15,18H,7-8,10-11,14,25H2,1H3. The first-order chi connectivity index (χ1) is 15.0. The number of nitrogens with zero attached hydrogens (tertiary/aromatic N) is 4. The van der Waals surface area contributed by atoms with Crippen molar-refractivity contribution in [3.63, 3.8) is 0 Å². The third kappa shape index (κ3) is 3.56. The molecule has 1 atom stereocenters. The van der Waals surface area contributed by atoms with Crippen LogP contribution in [0.4, 0.5) is 17.1 Å². The van der Waals surface area contributed by atoms with Crippen molar-refractivity contribution in [1.82, 2.24) is 9.55 Å². The molecule has 7 heteroatoms. The first kappa shape index (κ1) is 19.4. The van der Waals surface area contributed by atoms with Crippen LogP contribution in [0, 0.1) is 5.92 Å². The summed E-state index contributed by atoms with van der Waals surface area (Å²) >= 11 is 0. The zero-order valence-electron chi connectivity index (χ0n) is 17.5. The molecule has 31 heavy (non-hydrogen) atoms. The largest absolute Gasteiger partial charge is 0.399 e. The molecule has 3 heterocycles. The number of nitrogen functional groups attached to an aromatic ring is 1. The molecule has 1 aromatic heterocycles. The van der Waals surface area contributed by atoms with E-state index in [2.05, 4.69) is 17.1 Å². The van der Waals surface area contributed by atoms with Gasteiger partial charge in [0.05, 0.1) is 12.2 Å². The van der Waals surface area contributed by atoms with Gasteiger partial charge in [0.25, 0.3) is 0 Å². The molecule has 2 aromatic carbocycles. The number of hydrogen-bond acceptors (Lipinski definition) is 4. The van der Waals surface area contributed by atoms with E-state index < -0.39 is 0 Å². The molecule has 7 nitrogen and oxygen atoms in total. The fourth-order valence-electron chi connectivity index (χ4n) is 4.59. The van der Waals surface area contributed by atoms with Crippen LogP contribution >= 0.6 is 0 Å². The highest BCUT2D eigenvalue weighted by molar-refractivity contribution is 6.05. The average Bonchev–Trinajstić information content (AvgIpc) is 3.46. The lowest BCUT2D eigenvalue weighted by atomic mass is 10.0. The SMILES string of the molecule is Cn1cncc1Cc1ccc2c(c1)CCN2C(=O)C1CC(=O)N(c2cccc(N)c2)C1. The van der Waals surface area contributed by atoms with Gasteiger partial charge >= 0.3 is 0 Å². The molecule has 2 amide bonds. The Bertz CT molecular complexity index is 1170. The molecule has 2 aliphatic rings. The first-order valence-corrected chi connectivity index (χ1v) is 10.5. The molecule has 5 rings (SSSR count). The molecule has 0 aliphatic carbocycles. The minimum Gasteiger partial charge on any atom is -0.399 e. The topological polar surface area (TPSA) is 84.5 Å². The molecule has 1 unspecified atom stereocenters. The van der Waals surface area contributed by atoms with Crippen molar-refractivity contribution in [2.24, 2.45) is 13.0 Å². The second-order valence-corrected chi connectivity index (χ2v) is 8.38. The second-order valence-electron chi connectivity index (χ2n) is 8.38. The zero-order chi connectivity index (χ0) is 21.5. The van der Waals surface area contributed by atoms with Crippen molar-refractivity contribution in [3.05, 3.63) is 71.8 Å². The molecular formula is C24H25N5O2. The Morgan fingerprint density at radius 3 is 2.87 bits per heavy atom. The molecule has 0 saturated carbocycles. The maximum Gasteiger partial charge on any atom is 0.232 e. The van der Waals surface area contributed by atoms with Gasteiger partial charge in [0.1, 0.15) is 0 Å². The van der Waals surface area contributed by atoms with E-state index in [0.717, 1.165) is 29.9 Å². The van der Waals surface area contributed by atoms with Gasteiger partial charge in [-0.05, 0) is 41.8 Å². The minimum absolute atomic E-state index is 0.0258. The summed E-state index contributed by atoms with van der Waals surface area (Å²) in [6, 6.07) is 13.6. The van der Waals surface area contributed by atoms with E-state index >= 15 is 0 Å². The second kappa shape index (κ2) is 7.58. The Balaban J connectivity index is 1.31. The summed E-state index contributed by atoms with van der Waals surface area (Å²) in [6.45, 7) is 1.05. The van der Waals surface area contributed by atoms with Crippen LogP contribution in [0.5, 0.6) is 0 Å². The number of anilines is 3. The molecule has 0 bridgehead atoms. The Morgan fingerprint density at radius 2 is 2.10 bits per heavy atom. The Hall–Kier alpha value is -3.61. The lowest BCUT2D eigenvalue weighted by molar-refractivity contribution is -0.124. The van der Waals surface area contributed by atoms with Crippen LogP contribution in [0.15, 0.2) is 55.0 Å². The maximum atomic E-state index is 13.3. The molecule has 0 spiro atoms. The minimum atomic E-state index is -0.339. The van der Waals surface area contributed by atoms with Crippen LogP contribution < -0.4 is 15.5 Å². The molecular weight excluding hydrogens is 390 g/mol. The van der Waals surface area contributed by atoms with Gasteiger partial charge in [0.2, 0.25) is 11.8 Å². The fraction of sp³-hybridized carbons (Fsp3) is 0.292. The van der Waals surface area contributed by atoms with Gasteiger partial charge in [0, 0.05) is 61.9 Å². The highest BCUT2D eigenvalue weighted by Gasteiger charge is 2.39. The number of aromatic nitrogens is 2. The van der Waals surface area contributed by atoms with Gasteiger partial charge < -0.3 is 20.1 Å². The summed E-state index contributed by atoms with van der Waals surface area (Å²) in [4.78, 5) is 33.6. The Kier molecular flexibility index (Phi) is 4.73. The number of hydrogen-bond donors (Lipinski definition) is 1. The van der Waals surface area contributed by atoms with Crippen molar-refractivity contribution in [1.29, 1.82) is 0 Å². The smallest absolute Gasteiger partial charge is 0.232 e. The summed E-state index contributed by atoms with van der Waals surface area (Å²) in [5.41, 5.74) is 11.7. The number of carbonyl (C=O) groups excluding carboxylic acids is 2. The van der Waals surface area contributed by atoms with Crippen molar-refractivity contribution in [3.8, 4) is 0 Å². The monoisotopic (exact) mass is 415 g/mol. The normalized spacial score (nSPS) is 18.0. The molecule has 2 aliphatic heterocycles. The van der Waals surface area contributed by atoms with Crippen LogP contribution in [0.1, 0.15) is 23.2 Å². The van der Waals surface area contributed by atoms with Crippen molar-refractivity contribution in [2.75, 3.05) is 28.6 Å².